The van der Waals surface area contributed by atoms with E-state index in [2.05, 4.69) is 43.0 Å². The van der Waals surface area contributed by atoms with E-state index in [1.54, 1.807) is 0 Å². The summed E-state index contributed by atoms with van der Waals surface area (Å²) in [6, 6.07) is 11.4. The van der Waals surface area contributed by atoms with Gasteiger partial charge in [-0.1, -0.05) is 20.1 Å². The Morgan fingerprint density at radius 3 is 1.84 bits per heavy atom. The van der Waals surface area contributed by atoms with Crippen LogP contribution in [-0.4, -0.2) is 29.7 Å². The molecular formula is C19H27N3OY2-4. The fraction of sp³-hybridized carbons (Fsp3) is 0.263. The second-order valence-corrected chi connectivity index (χ2v) is 4.53. The second kappa shape index (κ2) is 18.8. The van der Waals surface area contributed by atoms with Crippen LogP contribution in [0, 0.1) is 27.7 Å². The molecule has 2 rings (SSSR count). The number of aromatic nitrogens is 2. The summed E-state index contributed by atoms with van der Waals surface area (Å²) < 4.78 is 5.09. The predicted octanol–water partition coefficient (Wildman–Crippen LogP) is 3.28. The molecule has 0 aliphatic rings. The maximum Gasteiger partial charge on any atom is 0.0555 e. The van der Waals surface area contributed by atoms with Crippen molar-refractivity contribution >= 4 is 0 Å². The van der Waals surface area contributed by atoms with E-state index in [1.807, 2.05) is 36.4 Å². The van der Waals surface area contributed by atoms with Crippen molar-refractivity contribution in [1.82, 2.24) is 15.3 Å². The minimum atomic E-state index is 0. The summed E-state index contributed by atoms with van der Waals surface area (Å²) >= 11 is 0. The molecule has 0 aliphatic heterocycles. The Labute approximate surface area is 204 Å². The summed E-state index contributed by atoms with van der Waals surface area (Å²) in [6.07, 6.45) is 0. The molecular weight excluding hydrogens is 464 g/mol. The van der Waals surface area contributed by atoms with Gasteiger partial charge in [0.05, 0.1) is 6.61 Å². The van der Waals surface area contributed by atoms with Crippen LogP contribution in [0.3, 0.4) is 0 Å². The molecule has 6 heteroatoms. The van der Waals surface area contributed by atoms with Crippen LogP contribution in [0.15, 0.2) is 36.4 Å². The van der Waals surface area contributed by atoms with Gasteiger partial charge in [0.2, 0.25) is 0 Å². The van der Waals surface area contributed by atoms with Crippen LogP contribution >= 0.6 is 0 Å². The zero-order valence-electron chi connectivity index (χ0n) is 14.1. The van der Waals surface area contributed by atoms with E-state index >= 15 is 0 Å². The first-order valence-electron chi connectivity index (χ1n) is 7.08. The molecule has 0 saturated heterocycles. The van der Waals surface area contributed by atoms with Crippen molar-refractivity contribution in [3.8, 4) is 0 Å². The first-order chi connectivity index (χ1) is 10.6. The van der Waals surface area contributed by atoms with Gasteiger partial charge < -0.3 is 22.0 Å². The molecule has 1 N–H and O–H groups in total. The van der Waals surface area contributed by atoms with Gasteiger partial charge in [0.1, 0.15) is 0 Å². The van der Waals surface area contributed by atoms with Crippen LogP contribution in [0.5, 0.6) is 0 Å². The minimum Gasteiger partial charge on any atom is -0.412 e. The van der Waals surface area contributed by atoms with Crippen LogP contribution < -0.4 is 5.32 Å². The summed E-state index contributed by atoms with van der Waals surface area (Å²) in [5, 5.41) is 3.22. The van der Waals surface area contributed by atoms with Crippen molar-refractivity contribution in [3.05, 3.63) is 86.9 Å². The molecule has 0 fully saturated rings. The van der Waals surface area contributed by atoms with Gasteiger partial charge in [-0.3, -0.25) is 4.98 Å². The Hall–Kier alpha value is 0.0378. The summed E-state index contributed by atoms with van der Waals surface area (Å²) in [4.78, 5) is 8.22. The summed E-state index contributed by atoms with van der Waals surface area (Å²) in [5.74, 6) is 0. The van der Waals surface area contributed by atoms with Gasteiger partial charge in [-0.15, -0.1) is 23.1 Å². The third kappa shape index (κ3) is 16.0. The molecule has 25 heavy (non-hydrogen) atoms. The van der Waals surface area contributed by atoms with E-state index in [9.17, 15) is 0 Å². The third-order valence-corrected chi connectivity index (χ3v) is 2.60. The van der Waals surface area contributed by atoms with Gasteiger partial charge in [-0.25, -0.2) is 39.0 Å². The molecule has 2 radical (unpaired) electrons. The SMILES string of the molecule is C.[CH2-]COCCNCc1cccc([CH2-])n1.[CH2-]c1cccc([CH2-])n1.[Y].[Y]. The Bertz CT molecular complexity index is 536. The van der Waals surface area contributed by atoms with Crippen LogP contribution in [0.4, 0.5) is 0 Å². The number of nitrogens with zero attached hydrogens (tertiary/aromatic N) is 2. The average molecular weight is 491 g/mol. The molecule has 0 atom stereocenters. The number of nitrogens with one attached hydrogen (secondary N) is 1. The molecule has 0 bridgehead atoms. The van der Waals surface area contributed by atoms with E-state index in [-0.39, 0.29) is 72.8 Å². The summed E-state index contributed by atoms with van der Waals surface area (Å²) in [6.45, 7) is 17.4. The van der Waals surface area contributed by atoms with Crippen molar-refractivity contribution in [3.63, 3.8) is 0 Å². The van der Waals surface area contributed by atoms with Crippen molar-refractivity contribution in [2.45, 2.75) is 14.0 Å². The van der Waals surface area contributed by atoms with Crippen molar-refractivity contribution in [1.29, 1.82) is 0 Å². The Morgan fingerprint density at radius 1 is 0.880 bits per heavy atom. The molecule has 0 spiro atoms. The van der Waals surface area contributed by atoms with E-state index in [4.69, 9.17) is 4.74 Å². The molecule has 2 aromatic rings. The molecule has 4 nitrogen and oxygen atoms in total. The molecule has 2 heterocycles. The van der Waals surface area contributed by atoms with E-state index in [0.717, 1.165) is 35.9 Å². The van der Waals surface area contributed by atoms with Crippen molar-refractivity contribution in [2.75, 3.05) is 19.8 Å². The first-order valence-corrected chi connectivity index (χ1v) is 7.08. The van der Waals surface area contributed by atoms with Crippen LogP contribution in [0.25, 0.3) is 0 Å². The smallest absolute Gasteiger partial charge is 0.0555 e. The van der Waals surface area contributed by atoms with Gasteiger partial charge in [0.25, 0.3) is 0 Å². The molecule has 0 aromatic carbocycles. The zero-order chi connectivity index (χ0) is 16.2. The molecule has 0 aliphatic carbocycles. The monoisotopic (exact) mass is 491 g/mol. The largest absolute Gasteiger partial charge is 0.412 e. The number of pyridine rings is 2. The van der Waals surface area contributed by atoms with Gasteiger partial charge in [-0.2, -0.15) is 6.07 Å². The molecule has 0 unspecified atom stereocenters. The summed E-state index contributed by atoms with van der Waals surface area (Å²) in [7, 11) is 0. The Kier molecular flexibility index (Phi) is 22.4. The minimum absolute atomic E-state index is 0. The fourth-order valence-corrected chi connectivity index (χ4v) is 1.62. The van der Waals surface area contributed by atoms with E-state index in [1.165, 1.54) is 0 Å². The average Bonchev–Trinajstić information content (AvgIpc) is 2.47. The molecule has 2 aromatic heterocycles. The first kappa shape index (κ1) is 29.8. The van der Waals surface area contributed by atoms with Gasteiger partial charge in [-0.05, 0) is 0 Å². The normalized spacial score (nSPS) is 8.68. The topological polar surface area (TPSA) is 47.0 Å². The molecule has 0 saturated carbocycles. The Balaban J connectivity index is -0.000000384. The van der Waals surface area contributed by atoms with Crippen molar-refractivity contribution < 1.29 is 70.2 Å². The van der Waals surface area contributed by atoms with Gasteiger partial charge in [0, 0.05) is 84.2 Å². The van der Waals surface area contributed by atoms with Crippen LogP contribution in [0.2, 0.25) is 0 Å². The number of hydrogen-bond donors (Lipinski definition) is 1. The Morgan fingerprint density at radius 2 is 1.40 bits per heavy atom. The van der Waals surface area contributed by atoms with Gasteiger partial charge >= 0.3 is 0 Å². The van der Waals surface area contributed by atoms with Gasteiger partial charge in [0.15, 0.2) is 0 Å². The van der Waals surface area contributed by atoms with Crippen LogP contribution in [-0.2, 0) is 76.7 Å². The zero-order valence-corrected chi connectivity index (χ0v) is 19.8. The number of ether oxygens (including phenoxy) is 1. The fourth-order valence-electron chi connectivity index (χ4n) is 1.62. The standard InChI is InChI=1S/C11H16N2O.C7H7N.CH4.2Y/c1-3-14-8-7-12-9-11-6-4-5-10(2)13-11;1-6-4-3-5-7(2)8-6;;;/h4-6,12H,1-3,7-9H2;3-5H,1-2H2;1H4;;/q2*-2;;;. The summed E-state index contributed by atoms with van der Waals surface area (Å²) in [5.41, 5.74) is 3.36. The second-order valence-electron chi connectivity index (χ2n) is 4.53. The number of hydrogen-bond acceptors (Lipinski definition) is 4. The van der Waals surface area contributed by atoms with E-state index < -0.39 is 0 Å². The number of rotatable bonds is 6. The quantitative estimate of drug-likeness (QED) is 0.498. The maximum absolute atomic E-state index is 5.09. The molecule has 134 valence electrons. The van der Waals surface area contributed by atoms with E-state index in [0.29, 0.717) is 13.2 Å². The third-order valence-electron chi connectivity index (χ3n) is 2.60. The maximum atomic E-state index is 5.09. The predicted molar refractivity (Wildman–Crippen MR) is 96.5 cm³/mol. The molecule has 0 amide bonds. The van der Waals surface area contributed by atoms with Crippen LogP contribution in [0.1, 0.15) is 30.2 Å². The van der Waals surface area contributed by atoms with Crippen molar-refractivity contribution in [2.24, 2.45) is 0 Å².